The fourth-order valence-electron chi connectivity index (χ4n) is 2.09. The van der Waals surface area contributed by atoms with Crippen molar-refractivity contribution >= 4 is 28.0 Å². The molecule has 0 N–H and O–H groups in total. The summed E-state index contributed by atoms with van der Waals surface area (Å²) in [4.78, 5) is 15.9. The number of carbonyl (C=O) groups excluding carboxylic acids is 1. The molecule has 0 saturated heterocycles. The van der Waals surface area contributed by atoms with Crippen LogP contribution in [0.1, 0.15) is 17.5 Å². The lowest BCUT2D eigenvalue weighted by atomic mass is 10.2. The van der Waals surface area contributed by atoms with E-state index in [0.29, 0.717) is 11.2 Å². The Balaban J connectivity index is 2.26. The van der Waals surface area contributed by atoms with Gasteiger partial charge in [-0.2, -0.15) is 0 Å². The van der Waals surface area contributed by atoms with Crippen molar-refractivity contribution in [3.63, 3.8) is 0 Å². The van der Waals surface area contributed by atoms with Crippen LogP contribution in [0.5, 0.6) is 0 Å². The number of fused-ring (bicyclic) bond motifs is 3. The Kier molecular flexibility index (Phi) is 2.63. The zero-order chi connectivity index (χ0) is 13.4. The van der Waals surface area contributed by atoms with Crippen LogP contribution < -0.4 is 0 Å². The first kappa shape index (κ1) is 11.6. The van der Waals surface area contributed by atoms with Gasteiger partial charge in [-0.15, -0.1) is 10.2 Å². The van der Waals surface area contributed by atoms with Crippen LogP contribution in [0.15, 0.2) is 24.3 Å². The molecule has 0 radical (unpaired) electrons. The number of rotatable bonds is 2. The number of esters is 1. The molecule has 3 aromatic rings. The first-order chi connectivity index (χ1) is 9.22. The third-order valence-corrected chi connectivity index (χ3v) is 2.96. The van der Waals surface area contributed by atoms with E-state index in [1.165, 1.54) is 0 Å². The van der Waals surface area contributed by atoms with Crippen LogP contribution in [0.3, 0.4) is 0 Å². The van der Waals surface area contributed by atoms with Crippen molar-refractivity contribution in [3.05, 3.63) is 30.1 Å². The van der Waals surface area contributed by atoms with E-state index in [2.05, 4.69) is 15.2 Å². The number of aromatic nitrogens is 4. The molecule has 6 nitrogen and oxygen atoms in total. The SMILES string of the molecule is CCOC(=O)c1nnc2c3ccccc3n(C)c2n1. The molecular weight excluding hydrogens is 244 g/mol. The molecule has 0 amide bonds. The summed E-state index contributed by atoms with van der Waals surface area (Å²) in [6.07, 6.45) is 0. The predicted molar refractivity (Wildman–Crippen MR) is 69.8 cm³/mol. The summed E-state index contributed by atoms with van der Waals surface area (Å²) < 4.78 is 6.77. The minimum absolute atomic E-state index is 0.0137. The van der Waals surface area contributed by atoms with Crippen LogP contribution in [0.25, 0.3) is 22.1 Å². The van der Waals surface area contributed by atoms with Gasteiger partial charge < -0.3 is 9.30 Å². The minimum atomic E-state index is -0.554. The van der Waals surface area contributed by atoms with Crippen molar-refractivity contribution in [1.82, 2.24) is 19.7 Å². The Labute approximate surface area is 109 Å². The molecule has 96 valence electrons. The number of carbonyl (C=O) groups is 1. The number of aryl methyl sites for hydroxylation is 1. The first-order valence-electron chi connectivity index (χ1n) is 5.97. The maximum Gasteiger partial charge on any atom is 0.378 e. The summed E-state index contributed by atoms with van der Waals surface area (Å²) in [6.45, 7) is 2.02. The van der Waals surface area contributed by atoms with E-state index in [1.54, 1.807) is 6.92 Å². The highest BCUT2D eigenvalue weighted by atomic mass is 16.5. The van der Waals surface area contributed by atoms with Gasteiger partial charge in [0.1, 0.15) is 5.52 Å². The van der Waals surface area contributed by atoms with E-state index in [9.17, 15) is 4.79 Å². The van der Waals surface area contributed by atoms with Crippen molar-refractivity contribution in [2.24, 2.45) is 7.05 Å². The van der Waals surface area contributed by atoms with Gasteiger partial charge in [0.25, 0.3) is 5.82 Å². The van der Waals surface area contributed by atoms with E-state index < -0.39 is 5.97 Å². The number of ether oxygens (including phenoxy) is 1. The third-order valence-electron chi connectivity index (χ3n) is 2.96. The summed E-state index contributed by atoms with van der Waals surface area (Å²) in [5, 5.41) is 8.91. The van der Waals surface area contributed by atoms with Crippen molar-refractivity contribution in [1.29, 1.82) is 0 Å². The number of benzene rings is 1. The normalized spacial score (nSPS) is 11.1. The van der Waals surface area contributed by atoms with Crippen molar-refractivity contribution in [2.75, 3.05) is 6.61 Å². The van der Waals surface area contributed by atoms with E-state index in [0.717, 1.165) is 10.9 Å². The lowest BCUT2D eigenvalue weighted by Crippen LogP contribution is -2.11. The van der Waals surface area contributed by atoms with Gasteiger partial charge in [-0.25, -0.2) is 9.78 Å². The van der Waals surface area contributed by atoms with Gasteiger partial charge in [0.15, 0.2) is 5.65 Å². The molecule has 3 rings (SSSR count). The standard InChI is InChI=1S/C13H12N4O2/c1-3-19-13(18)11-14-12-10(15-16-11)8-6-4-5-7-9(8)17(12)2/h4-7H,3H2,1-2H3. The Morgan fingerprint density at radius 1 is 1.32 bits per heavy atom. The summed E-state index contributed by atoms with van der Waals surface area (Å²) in [5.41, 5.74) is 2.31. The van der Waals surface area contributed by atoms with Crippen LogP contribution in [0.2, 0.25) is 0 Å². The highest BCUT2D eigenvalue weighted by Crippen LogP contribution is 2.24. The van der Waals surface area contributed by atoms with E-state index in [1.807, 2.05) is 35.9 Å². The fraction of sp³-hybridized carbons (Fsp3) is 0.231. The van der Waals surface area contributed by atoms with Gasteiger partial charge >= 0.3 is 5.97 Å². The van der Waals surface area contributed by atoms with Gasteiger partial charge in [-0.05, 0) is 13.0 Å². The maximum absolute atomic E-state index is 11.6. The summed E-state index contributed by atoms with van der Waals surface area (Å²) in [6, 6.07) is 7.81. The molecule has 2 heterocycles. The lowest BCUT2D eigenvalue weighted by Gasteiger charge is -2.00. The Morgan fingerprint density at radius 3 is 2.89 bits per heavy atom. The predicted octanol–water partition coefficient (Wildman–Crippen LogP) is 1.69. The molecule has 6 heteroatoms. The second kappa shape index (κ2) is 4.31. The Morgan fingerprint density at radius 2 is 2.11 bits per heavy atom. The zero-order valence-electron chi connectivity index (χ0n) is 10.6. The van der Waals surface area contributed by atoms with E-state index in [4.69, 9.17) is 4.74 Å². The molecule has 0 aliphatic heterocycles. The minimum Gasteiger partial charge on any atom is -0.460 e. The smallest absolute Gasteiger partial charge is 0.378 e. The second-order valence-electron chi connectivity index (χ2n) is 4.10. The van der Waals surface area contributed by atoms with Crippen LogP contribution in [-0.2, 0) is 11.8 Å². The molecule has 1 aromatic carbocycles. The Bertz CT molecular complexity index is 779. The molecule has 0 aliphatic carbocycles. The Hall–Kier alpha value is -2.50. The number of nitrogens with zero attached hydrogens (tertiary/aromatic N) is 4. The lowest BCUT2D eigenvalue weighted by molar-refractivity contribution is 0.0511. The van der Waals surface area contributed by atoms with Crippen LogP contribution in [0.4, 0.5) is 0 Å². The zero-order valence-corrected chi connectivity index (χ0v) is 10.6. The number of hydrogen-bond acceptors (Lipinski definition) is 5. The molecule has 0 unspecified atom stereocenters. The first-order valence-corrected chi connectivity index (χ1v) is 5.97. The highest BCUT2D eigenvalue weighted by Gasteiger charge is 2.16. The van der Waals surface area contributed by atoms with Crippen molar-refractivity contribution < 1.29 is 9.53 Å². The van der Waals surface area contributed by atoms with Crippen molar-refractivity contribution in [2.45, 2.75) is 6.92 Å². The van der Waals surface area contributed by atoms with Crippen molar-refractivity contribution in [3.8, 4) is 0 Å². The van der Waals surface area contributed by atoms with Crippen LogP contribution in [-0.4, -0.2) is 32.3 Å². The van der Waals surface area contributed by atoms with Gasteiger partial charge in [-0.3, -0.25) is 0 Å². The largest absolute Gasteiger partial charge is 0.460 e. The summed E-state index contributed by atoms with van der Waals surface area (Å²) in [5.74, 6) is -0.567. The molecule has 0 atom stereocenters. The van der Waals surface area contributed by atoms with E-state index >= 15 is 0 Å². The van der Waals surface area contributed by atoms with Gasteiger partial charge in [0, 0.05) is 12.4 Å². The number of para-hydroxylation sites is 1. The monoisotopic (exact) mass is 256 g/mol. The number of hydrogen-bond donors (Lipinski definition) is 0. The quantitative estimate of drug-likeness (QED) is 0.652. The van der Waals surface area contributed by atoms with Gasteiger partial charge in [0.2, 0.25) is 0 Å². The maximum atomic E-state index is 11.6. The van der Waals surface area contributed by atoms with E-state index in [-0.39, 0.29) is 12.4 Å². The molecule has 0 spiro atoms. The molecule has 0 aliphatic rings. The highest BCUT2D eigenvalue weighted by molar-refractivity contribution is 6.04. The molecule has 0 saturated carbocycles. The second-order valence-corrected chi connectivity index (χ2v) is 4.10. The average molecular weight is 256 g/mol. The van der Waals surface area contributed by atoms with Crippen LogP contribution in [0, 0.1) is 0 Å². The molecule has 19 heavy (non-hydrogen) atoms. The van der Waals surface area contributed by atoms with Crippen LogP contribution >= 0.6 is 0 Å². The molecule has 2 aromatic heterocycles. The topological polar surface area (TPSA) is 69.9 Å². The third kappa shape index (κ3) is 1.72. The average Bonchev–Trinajstić information content (AvgIpc) is 2.73. The van der Waals surface area contributed by atoms with Gasteiger partial charge in [-0.1, -0.05) is 18.2 Å². The summed E-state index contributed by atoms with van der Waals surface area (Å²) in [7, 11) is 1.88. The summed E-state index contributed by atoms with van der Waals surface area (Å²) >= 11 is 0. The molecule has 0 fully saturated rings. The fourth-order valence-corrected chi connectivity index (χ4v) is 2.09. The van der Waals surface area contributed by atoms with Gasteiger partial charge in [0.05, 0.1) is 12.1 Å². The molecular formula is C13H12N4O2. The molecule has 0 bridgehead atoms.